The van der Waals surface area contributed by atoms with Crippen LogP contribution in [0.2, 0.25) is 0 Å². The van der Waals surface area contributed by atoms with Gasteiger partial charge in [0.15, 0.2) is 5.79 Å². The number of carbonyl (C=O) groups excluding carboxylic acids is 3. The number of hydrogen-bond donors (Lipinski definition) is 0. The number of rotatable bonds is 6. The normalized spacial score (nSPS) is 25.4. The first kappa shape index (κ1) is 21.3. The second-order valence-electron chi connectivity index (χ2n) is 7.86. The summed E-state index contributed by atoms with van der Waals surface area (Å²) in [6.07, 6.45) is -1.70. The van der Waals surface area contributed by atoms with Gasteiger partial charge in [-0.3, -0.25) is 9.59 Å². The highest BCUT2D eigenvalue weighted by Crippen LogP contribution is 2.30. The number of imide groups is 1. The van der Waals surface area contributed by atoms with Gasteiger partial charge < -0.3 is 18.9 Å². The van der Waals surface area contributed by atoms with Crippen molar-refractivity contribution < 1.29 is 33.3 Å². The molecule has 4 atom stereocenters. The lowest BCUT2D eigenvalue weighted by Crippen LogP contribution is -2.50. The minimum absolute atomic E-state index is 0.125. The van der Waals surface area contributed by atoms with Gasteiger partial charge in [0.25, 0.3) is 0 Å². The van der Waals surface area contributed by atoms with Crippen molar-refractivity contribution in [2.24, 2.45) is 5.92 Å². The van der Waals surface area contributed by atoms with Crippen LogP contribution in [-0.2, 0) is 35.0 Å². The SMILES string of the molecule is CC(=O)O[C@@H]([C@H](C)C(=O)N1C(=O)OC[C@@H]1Cc1ccccc1)[C@H]1COC(C)(C)O1. The van der Waals surface area contributed by atoms with Gasteiger partial charge in [-0.25, -0.2) is 9.69 Å². The van der Waals surface area contributed by atoms with Crippen LogP contribution >= 0.6 is 0 Å². The fraction of sp³-hybridized carbons (Fsp3) is 0.571. The quantitative estimate of drug-likeness (QED) is 0.671. The highest BCUT2D eigenvalue weighted by Gasteiger charge is 2.47. The van der Waals surface area contributed by atoms with Crippen LogP contribution in [0, 0.1) is 5.92 Å². The number of cyclic esters (lactones) is 1. The molecule has 0 radical (unpaired) electrons. The minimum Gasteiger partial charge on any atom is -0.459 e. The summed E-state index contributed by atoms with van der Waals surface area (Å²) in [6.45, 7) is 6.69. The number of esters is 1. The van der Waals surface area contributed by atoms with Crippen LogP contribution < -0.4 is 0 Å². The number of nitrogens with zero attached hydrogens (tertiary/aromatic N) is 1. The van der Waals surface area contributed by atoms with Crippen LogP contribution in [0.25, 0.3) is 0 Å². The molecule has 0 saturated carbocycles. The van der Waals surface area contributed by atoms with Gasteiger partial charge in [0.1, 0.15) is 18.8 Å². The highest BCUT2D eigenvalue weighted by atomic mass is 16.8. The second kappa shape index (κ2) is 8.51. The fourth-order valence-corrected chi connectivity index (χ4v) is 3.70. The molecule has 0 unspecified atom stereocenters. The maximum absolute atomic E-state index is 13.2. The van der Waals surface area contributed by atoms with E-state index in [2.05, 4.69) is 0 Å². The Labute approximate surface area is 170 Å². The summed E-state index contributed by atoms with van der Waals surface area (Å²) in [5, 5.41) is 0. The third kappa shape index (κ3) is 4.94. The summed E-state index contributed by atoms with van der Waals surface area (Å²) in [7, 11) is 0. The van der Waals surface area contributed by atoms with E-state index >= 15 is 0 Å². The Hall–Kier alpha value is -2.45. The van der Waals surface area contributed by atoms with Gasteiger partial charge >= 0.3 is 12.1 Å². The topological polar surface area (TPSA) is 91.4 Å². The predicted octanol–water partition coefficient (Wildman–Crippen LogP) is 2.30. The lowest BCUT2D eigenvalue weighted by atomic mass is 9.96. The van der Waals surface area contributed by atoms with E-state index in [9.17, 15) is 14.4 Å². The van der Waals surface area contributed by atoms with E-state index in [1.165, 1.54) is 6.92 Å². The second-order valence-corrected chi connectivity index (χ2v) is 7.86. The van der Waals surface area contributed by atoms with E-state index in [1.54, 1.807) is 20.8 Å². The van der Waals surface area contributed by atoms with Gasteiger partial charge in [0.2, 0.25) is 5.91 Å². The van der Waals surface area contributed by atoms with Gasteiger partial charge in [-0.05, 0) is 32.8 Å². The monoisotopic (exact) mass is 405 g/mol. The number of hydrogen-bond acceptors (Lipinski definition) is 7. The standard InChI is InChI=1S/C21H27NO7/c1-13(18(28-14(2)23)17-12-27-21(3,4)29-17)19(24)22-16(11-26-20(22)25)10-15-8-6-5-7-9-15/h5-9,13,16-18H,10-12H2,1-4H3/t13-,16-,17+,18-/m0/s1. The van der Waals surface area contributed by atoms with E-state index in [-0.39, 0.29) is 13.2 Å². The van der Waals surface area contributed by atoms with Crippen molar-refractivity contribution in [2.45, 2.75) is 58.2 Å². The predicted molar refractivity (Wildman–Crippen MR) is 102 cm³/mol. The molecule has 0 aromatic heterocycles. The molecule has 0 spiro atoms. The molecule has 2 fully saturated rings. The first-order valence-electron chi connectivity index (χ1n) is 9.70. The molecule has 3 rings (SSSR count). The van der Waals surface area contributed by atoms with Crippen LogP contribution in [-0.4, -0.2) is 60.1 Å². The smallest absolute Gasteiger partial charge is 0.416 e. The number of ether oxygens (including phenoxy) is 4. The van der Waals surface area contributed by atoms with Crippen LogP contribution in [0.3, 0.4) is 0 Å². The molecule has 29 heavy (non-hydrogen) atoms. The number of amides is 2. The van der Waals surface area contributed by atoms with Gasteiger partial charge in [-0.2, -0.15) is 0 Å². The van der Waals surface area contributed by atoms with Gasteiger partial charge in [-0.15, -0.1) is 0 Å². The first-order valence-corrected chi connectivity index (χ1v) is 9.70. The summed E-state index contributed by atoms with van der Waals surface area (Å²) < 4.78 is 21.9. The zero-order chi connectivity index (χ0) is 21.2. The Morgan fingerprint density at radius 3 is 2.52 bits per heavy atom. The summed E-state index contributed by atoms with van der Waals surface area (Å²) in [6, 6.07) is 9.15. The Balaban J connectivity index is 1.77. The molecule has 1 aromatic rings. The van der Waals surface area contributed by atoms with Crippen molar-refractivity contribution in [1.82, 2.24) is 4.90 Å². The lowest BCUT2D eigenvalue weighted by molar-refractivity contribution is -0.177. The van der Waals surface area contributed by atoms with Gasteiger partial charge in [0.05, 0.1) is 18.6 Å². The van der Waals surface area contributed by atoms with E-state index < -0.39 is 47.9 Å². The van der Waals surface area contributed by atoms with Crippen LogP contribution in [0.5, 0.6) is 0 Å². The zero-order valence-electron chi connectivity index (χ0n) is 17.1. The summed E-state index contributed by atoms with van der Waals surface area (Å²) >= 11 is 0. The molecule has 2 aliphatic rings. The molecule has 0 aliphatic carbocycles. The van der Waals surface area contributed by atoms with E-state index in [1.807, 2.05) is 30.3 Å². The fourth-order valence-electron chi connectivity index (χ4n) is 3.70. The van der Waals surface area contributed by atoms with Crippen LogP contribution in [0.15, 0.2) is 30.3 Å². The Kier molecular flexibility index (Phi) is 6.24. The molecule has 2 aliphatic heterocycles. The molecule has 8 nitrogen and oxygen atoms in total. The third-order valence-corrected chi connectivity index (χ3v) is 5.09. The van der Waals surface area contributed by atoms with Crippen molar-refractivity contribution in [3.63, 3.8) is 0 Å². The van der Waals surface area contributed by atoms with E-state index in [0.29, 0.717) is 6.42 Å². The van der Waals surface area contributed by atoms with Crippen molar-refractivity contribution in [2.75, 3.05) is 13.2 Å². The van der Waals surface area contributed by atoms with Crippen molar-refractivity contribution >= 4 is 18.0 Å². The molecular weight excluding hydrogens is 378 g/mol. The summed E-state index contributed by atoms with van der Waals surface area (Å²) in [5.74, 6) is -2.65. The van der Waals surface area contributed by atoms with Gasteiger partial charge in [0, 0.05) is 6.92 Å². The van der Waals surface area contributed by atoms with Gasteiger partial charge in [-0.1, -0.05) is 30.3 Å². The van der Waals surface area contributed by atoms with E-state index in [0.717, 1.165) is 10.5 Å². The molecule has 0 bridgehead atoms. The van der Waals surface area contributed by atoms with Crippen molar-refractivity contribution in [3.05, 3.63) is 35.9 Å². The summed E-state index contributed by atoms with van der Waals surface area (Å²) in [5.41, 5.74) is 0.993. The highest BCUT2D eigenvalue weighted by molar-refractivity contribution is 5.95. The molecule has 158 valence electrons. The molecule has 0 N–H and O–H groups in total. The Morgan fingerprint density at radius 1 is 1.24 bits per heavy atom. The minimum atomic E-state index is -0.882. The Bertz CT molecular complexity index is 764. The van der Waals surface area contributed by atoms with Crippen molar-refractivity contribution in [1.29, 1.82) is 0 Å². The maximum Gasteiger partial charge on any atom is 0.416 e. The van der Waals surface area contributed by atoms with E-state index in [4.69, 9.17) is 18.9 Å². The molecule has 2 saturated heterocycles. The first-order chi connectivity index (χ1) is 13.7. The Morgan fingerprint density at radius 2 is 1.93 bits per heavy atom. The number of benzene rings is 1. The molecule has 8 heteroatoms. The third-order valence-electron chi connectivity index (χ3n) is 5.09. The van der Waals surface area contributed by atoms with Crippen molar-refractivity contribution in [3.8, 4) is 0 Å². The average Bonchev–Trinajstić information content (AvgIpc) is 3.21. The maximum atomic E-state index is 13.2. The molecular formula is C21H27NO7. The van der Waals surface area contributed by atoms with Crippen LogP contribution in [0.4, 0.5) is 4.79 Å². The van der Waals surface area contributed by atoms with Crippen LogP contribution in [0.1, 0.15) is 33.3 Å². The molecule has 2 heterocycles. The average molecular weight is 405 g/mol. The lowest BCUT2D eigenvalue weighted by Gasteiger charge is -2.30. The number of carbonyl (C=O) groups is 3. The largest absolute Gasteiger partial charge is 0.459 e. The molecule has 2 amide bonds. The molecule has 1 aromatic carbocycles. The summed E-state index contributed by atoms with van der Waals surface area (Å²) in [4.78, 5) is 38.3. The zero-order valence-corrected chi connectivity index (χ0v) is 17.1.